The number of benzene rings is 2. The van der Waals surface area contributed by atoms with Crippen molar-refractivity contribution >= 4 is 34.5 Å². The molecule has 0 fully saturated rings. The highest BCUT2D eigenvalue weighted by Crippen LogP contribution is 2.34. The van der Waals surface area contributed by atoms with Crippen LogP contribution in [-0.4, -0.2) is 34.6 Å². The van der Waals surface area contributed by atoms with Gasteiger partial charge in [-0.2, -0.15) is 0 Å². The Labute approximate surface area is 154 Å². The van der Waals surface area contributed by atoms with Crippen molar-refractivity contribution in [2.24, 2.45) is 0 Å². The van der Waals surface area contributed by atoms with E-state index in [-0.39, 0.29) is 18.2 Å². The van der Waals surface area contributed by atoms with Gasteiger partial charge in [-0.15, -0.1) is 0 Å². The number of amides is 2. The number of fused-ring (bicyclic) bond motifs is 4. The van der Waals surface area contributed by atoms with Crippen molar-refractivity contribution in [1.29, 1.82) is 0 Å². The van der Waals surface area contributed by atoms with E-state index in [1.807, 2.05) is 24.3 Å². The molecule has 2 N–H and O–H groups in total. The summed E-state index contributed by atoms with van der Waals surface area (Å²) in [4.78, 5) is 29.5. The normalized spacial score (nSPS) is 17.9. The zero-order valence-corrected chi connectivity index (χ0v) is 14.3. The average molecular weight is 364 g/mol. The van der Waals surface area contributed by atoms with E-state index in [1.54, 1.807) is 22.8 Å². The van der Waals surface area contributed by atoms with E-state index in [0.29, 0.717) is 36.3 Å². The number of para-hydroxylation sites is 2. The van der Waals surface area contributed by atoms with Crippen molar-refractivity contribution in [3.8, 4) is 11.5 Å². The van der Waals surface area contributed by atoms with Crippen LogP contribution in [-0.2, 0) is 9.59 Å². The molecule has 0 spiro atoms. The lowest BCUT2D eigenvalue weighted by Gasteiger charge is -2.25. The molecule has 2 aromatic carbocycles. The Morgan fingerprint density at radius 3 is 2.85 bits per heavy atom. The van der Waals surface area contributed by atoms with Crippen molar-refractivity contribution in [2.75, 3.05) is 23.8 Å². The highest BCUT2D eigenvalue weighted by Gasteiger charge is 2.33. The topological polar surface area (TPSA) is 94.5 Å². The Morgan fingerprint density at radius 1 is 1.15 bits per heavy atom. The quantitative estimate of drug-likeness (QED) is 0.728. The molecule has 0 radical (unpaired) electrons. The highest BCUT2D eigenvalue weighted by atomic mass is 16.6. The molecule has 8 heteroatoms. The molecule has 0 saturated carbocycles. The molecule has 1 atom stereocenters. The van der Waals surface area contributed by atoms with E-state index in [4.69, 9.17) is 9.47 Å². The summed E-state index contributed by atoms with van der Waals surface area (Å²) in [6.45, 7) is 0.976. The number of nitrogens with zero attached hydrogens (tertiary/aromatic N) is 2. The third-order valence-electron chi connectivity index (χ3n) is 4.65. The van der Waals surface area contributed by atoms with Gasteiger partial charge in [0.15, 0.2) is 11.5 Å². The summed E-state index contributed by atoms with van der Waals surface area (Å²) in [5.41, 5.74) is 2.11. The van der Waals surface area contributed by atoms with Gasteiger partial charge in [-0.25, -0.2) is 4.98 Å². The van der Waals surface area contributed by atoms with Crippen molar-refractivity contribution in [3.63, 3.8) is 0 Å². The lowest BCUT2D eigenvalue weighted by molar-refractivity contribution is -0.124. The molecule has 27 heavy (non-hydrogen) atoms. The summed E-state index contributed by atoms with van der Waals surface area (Å²) in [7, 11) is 0. The van der Waals surface area contributed by atoms with E-state index < -0.39 is 6.04 Å². The summed E-state index contributed by atoms with van der Waals surface area (Å²) in [5.74, 6) is 1.11. The minimum Gasteiger partial charge on any atom is -0.486 e. The maximum Gasteiger partial charge on any atom is 0.248 e. The Morgan fingerprint density at radius 2 is 1.96 bits per heavy atom. The molecule has 0 aliphatic carbocycles. The molecule has 3 aromatic rings. The summed E-state index contributed by atoms with van der Waals surface area (Å²) in [6, 6.07) is 12.0. The molecule has 0 bridgehead atoms. The number of nitrogens with one attached hydrogen (secondary N) is 2. The van der Waals surface area contributed by atoms with Gasteiger partial charge in [-0.05, 0) is 24.3 Å². The first-order valence-corrected chi connectivity index (χ1v) is 8.66. The maximum absolute atomic E-state index is 13.0. The van der Waals surface area contributed by atoms with E-state index in [2.05, 4.69) is 15.6 Å². The van der Waals surface area contributed by atoms with E-state index in [1.165, 1.54) is 0 Å². The molecule has 2 aliphatic rings. The van der Waals surface area contributed by atoms with Crippen LogP contribution in [0.5, 0.6) is 11.5 Å². The van der Waals surface area contributed by atoms with Crippen LogP contribution in [0.1, 0.15) is 12.5 Å². The number of hydrogen-bond acceptors (Lipinski definition) is 5. The molecule has 136 valence electrons. The number of carbonyl (C=O) groups excluding carboxylic acids is 2. The first-order chi connectivity index (χ1) is 13.2. The molecule has 2 aliphatic heterocycles. The summed E-state index contributed by atoms with van der Waals surface area (Å²) in [5, 5.41) is 5.61. The highest BCUT2D eigenvalue weighted by molar-refractivity contribution is 6.03. The number of rotatable bonds is 2. The first-order valence-electron chi connectivity index (χ1n) is 8.66. The van der Waals surface area contributed by atoms with E-state index in [0.717, 1.165) is 11.0 Å². The Balaban J connectivity index is 1.48. The molecule has 5 rings (SSSR count). The fourth-order valence-electron chi connectivity index (χ4n) is 3.45. The third kappa shape index (κ3) is 2.66. The van der Waals surface area contributed by atoms with Crippen LogP contribution >= 0.6 is 0 Å². The second kappa shape index (κ2) is 6.01. The fourth-order valence-corrected chi connectivity index (χ4v) is 3.45. The predicted molar refractivity (Wildman–Crippen MR) is 98.1 cm³/mol. The van der Waals surface area contributed by atoms with Crippen molar-refractivity contribution in [1.82, 2.24) is 9.55 Å². The SMILES string of the molecule is O=C1C[C@H](C(=O)Nc2ccc3c(c2)OCCO3)n2c(nc3ccccc32)N1. The fraction of sp³-hybridized carbons (Fsp3) is 0.211. The van der Waals surface area contributed by atoms with Crippen molar-refractivity contribution in [3.05, 3.63) is 42.5 Å². The second-order valence-electron chi connectivity index (χ2n) is 6.41. The summed E-state index contributed by atoms with van der Waals surface area (Å²) < 4.78 is 12.8. The minimum absolute atomic E-state index is 0.0454. The molecule has 8 nitrogen and oxygen atoms in total. The summed E-state index contributed by atoms with van der Waals surface area (Å²) in [6.07, 6.45) is 0.0454. The summed E-state index contributed by atoms with van der Waals surface area (Å²) >= 11 is 0. The monoisotopic (exact) mass is 364 g/mol. The Bertz CT molecular complexity index is 1070. The molecular formula is C19H16N4O4. The van der Waals surface area contributed by atoms with Gasteiger partial charge in [-0.3, -0.25) is 19.5 Å². The molecule has 0 unspecified atom stereocenters. The molecule has 1 aromatic heterocycles. The number of aromatic nitrogens is 2. The second-order valence-corrected chi connectivity index (χ2v) is 6.41. The van der Waals surface area contributed by atoms with E-state index >= 15 is 0 Å². The maximum atomic E-state index is 13.0. The zero-order valence-electron chi connectivity index (χ0n) is 14.3. The van der Waals surface area contributed by atoms with Gasteiger partial charge in [0, 0.05) is 11.8 Å². The average Bonchev–Trinajstić information content (AvgIpc) is 3.05. The number of hydrogen-bond donors (Lipinski definition) is 2. The van der Waals surface area contributed by atoms with Gasteiger partial charge in [0.25, 0.3) is 0 Å². The van der Waals surface area contributed by atoms with Gasteiger partial charge in [0.05, 0.1) is 17.5 Å². The largest absolute Gasteiger partial charge is 0.486 e. The molecule has 2 amide bonds. The van der Waals surface area contributed by atoms with Crippen LogP contribution in [0.4, 0.5) is 11.6 Å². The number of ether oxygens (including phenoxy) is 2. The molecular weight excluding hydrogens is 348 g/mol. The van der Waals surface area contributed by atoms with Crippen LogP contribution in [0.25, 0.3) is 11.0 Å². The van der Waals surface area contributed by atoms with Crippen LogP contribution in [0.15, 0.2) is 42.5 Å². The van der Waals surface area contributed by atoms with Crippen LogP contribution < -0.4 is 20.1 Å². The van der Waals surface area contributed by atoms with Crippen LogP contribution in [0.2, 0.25) is 0 Å². The molecule has 0 saturated heterocycles. The van der Waals surface area contributed by atoms with Gasteiger partial charge in [0.2, 0.25) is 17.8 Å². The van der Waals surface area contributed by atoms with Gasteiger partial charge in [-0.1, -0.05) is 12.1 Å². The number of anilines is 2. The van der Waals surface area contributed by atoms with Gasteiger partial charge < -0.3 is 14.8 Å². The number of carbonyl (C=O) groups is 2. The first kappa shape index (κ1) is 15.7. The Kier molecular flexibility index (Phi) is 3.49. The van der Waals surface area contributed by atoms with Crippen LogP contribution in [0, 0.1) is 0 Å². The third-order valence-corrected chi connectivity index (χ3v) is 4.65. The van der Waals surface area contributed by atoms with Crippen molar-refractivity contribution < 1.29 is 19.1 Å². The van der Waals surface area contributed by atoms with Gasteiger partial charge >= 0.3 is 0 Å². The van der Waals surface area contributed by atoms with Crippen LogP contribution in [0.3, 0.4) is 0 Å². The lowest BCUT2D eigenvalue weighted by atomic mass is 10.1. The lowest BCUT2D eigenvalue weighted by Crippen LogP contribution is -2.35. The van der Waals surface area contributed by atoms with Crippen molar-refractivity contribution in [2.45, 2.75) is 12.5 Å². The standard InChI is InChI=1S/C19H16N4O4/c24-17-10-14(23-13-4-2-1-3-12(13)21-19(23)22-17)18(25)20-11-5-6-15-16(9-11)27-8-7-26-15/h1-6,9,14H,7-8,10H2,(H,20,25)(H,21,22,24)/t14-/m1/s1. The predicted octanol–water partition coefficient (Wildman–Crippen LogP) is 2.33. The van der Waals surface area contributed by atoms with E-state index in [9.17, 15) is 9.59 Å². The molecule has 3 heterocycles. The zero-order chi connectivity index (χ0) is 18.4. The smallest absolute Gasteiger partial charge is 0.248 e. The minimum atomic E-state index is -0.686. The Hall–Kier alpha value is -3.55. The van der Waals surface area contributed by atoms with Gasteiger partial charge in [0.1, 0.15) is 19.3 Å². The number of imidazole rings is 1.